The molecule has 0 aliphatic carbocycles. The van der Waals surface area contributed by atoms with Gasteiger partial charge in [0.15, 0.2) is 0 Å². The van der Waals surface area contributed by atoms with Crippen molar-refractivity contribution < 1.29 is 4.79 Å². The lowest BCUT2D eigenvalue weighted by Gasteiger charge is -2.27. The molecule has 28 heavy (non-hydrogen) atoms. The van der Waals surface area contributed by atoms with Crippen LogP contribution in [-0.4, -0.2) is 23.4 Å². The predicted molar refractivity (Wildman–Crippen MR) is 113 cm³/mol. The van der Waals surface area contributed by atoms with E-state index in [9.17, 15) is 4.79 Å². The molecule has 2 aromatic rings. The molecular formula is C22H25ClN4O. The topological polar surface area (TPSA) is 68.2 Å². The fraction of sp³-hybridized carbons (Fsp3) is 0.364. The highest BCUT2D eigenvalue weighted by atomic mass is 35.5. The van der Waals surface area contributed by atoms with Crippen LogP contribution in [-0.2, 0) is 17.9 Å². The number of fused-ring (bicyclic) bond motifs is 1. The van der Waals surface area contributed by atoms with Crippen molar-refractivity contribution in [1.82, 2.24) is 4.90 Å². The average Bonchev–Trinajstić information content (AvgIpc) is 3.10. The number of carbonyl (C=O) groups excluding carboxylic acids is 1. The molecule has 6 heteroatoms. The van der Waals surface area contributed by atoms with Crippen molar-refractivity contribution in [2.24, 2.45) is 5.92 Å². The summed E-state index contributed by atoms with van der Waals surface area (Å²) in [4.78, 5) is 14.8. The maximum absolute atomic E-state index is 12.3. The van der Waals surface area contributed by atoms with Crippen LogP contribution in [0.1, 0.15) is 37.5 Å². The van der Waals surface area contributed by atoms with Gasteiger partial charge in [-0.1, -0.05) is 37.6 Å². The number of halogens is 1. The van der Waals surface area contributed by atoms with E-state index in [1.54, 1.807) is 18.2 Å². The molecule has 0 radical (unpaired) electrons. The Labute approximate surface area is 171 Å². The van der Waals surface area contributed by atoms with E-state index in [4.69, 9.17) is 16.9 Å². The first-order valence-electron chi connectivity index (χ1n) is 9.47. The Bertz CT molecular complexity index is 919. The normalized spacial score (nSPS) is 14.4. The van der Waals surface area contributed by atoms with Crippen LogP contribution in [0.25, 0.3) is 0 Å². The predicted octanol–water partition coefficient (Wildman–Crippen LogP) is 4.62. The Hall–Kier alpha value is -2.55. The molecule has 0 spiro atoms. The summed E-state index contributed by atoms with van der Waals surface area (Å²) in [7, 11) is 0. The molecule has 1 amide bonds. The largest absolute Gasteiger partial charge is 0.376 e. The number of hydrogen-bond acceptors (Lipinski definition) is 4. The number of rotatable bonds is 6. The van der Waals surface area contributed by atoms with Gasteiger partial charge in [-0.3, -0.25) is 9.69 Å². The summed E-state index contributed by atoms with van der Waals surface area (Å²) in [6, 6.07) is 13.6. The first-order chi connectivity index (χ1) is 13.4. The van der Waals surface area contributed by atoms with Crippen LogP contribution in [0.3, 0.4) is 0 Å². The van der Waals surface area contributed by atoms with Crippen LogP contribution in [0.5, 0.6) is 0 Å². The Kier molecular flexibility index (Phi) is 6.23. The maximum atomic E-state index is 12.3. The van der Waals surface area contributed by atoms with Crippen LogP contribution in [0, 0.1) is 17.2 Å². The molecular weight excluding hydrogens is 372 g/mol. The van der Waals surface area contributed by atoms with Crippen LogP contribution in [0.15, 0.2) is 36.4 Å². The third-order valence-corrected chi connectivity index (χ3v) is 5.67. The molecule has 0 bridgehead atoms. The van der Waals surface area contributed by atoms with Gasteiger partial charge in [-0.15, -0.1) is 0 Å². The summed E-state index contributed by atoms with van der Waals surface area (Å²) in [5, 5.41) is 15.3. The molecule has 0 aromatic heterocycles. The van der Waals surface area contributed by atoms with E-state index >= 15 is 0 Å². The quantitative estimate of drug-likeness (QED) is 0.747. The number of amides is 1. The minimum Gasteiger partial charge on any atom is -0.376 e. The minimum absolute atomic E-state index is 0.161. The van der Waals surface area contributed by atoms with E-state index in [1.165, 1.54) is 11.1 Å². The Balaban J connectivity index is 1.62. The van der Waals surface area contributed by atoms with Gasteiger partial charge in [-0.2, -0.15) is 5.26 Å². The Morgan fingerprint density at radius 3 is 2.71 bits per heavy atom. The van der Waals surface area contributed by atoms with E-state index in [2.05, 4.69) is 42.4 Å². The van der Waals surface area contributed by atoms with Crippen molar-refractivity contribution in [2.45, 2.75) is 39.9 Å². The molecule has 2 aromatic carbocycles. The van der Waals surface area contributed by atoms with E-state index in [0.29, 0.717) is 28.2 Å². The standard InChI is InChI=1S/C22H25ClN4O/c1-14(2)15(3)27-12-17-5-4-6-21(19(17)13-27)25-11-22(28)26-18-8-7-16(10-24)20(23)9-18/h4-9,14-15,25H,11-13H2,1-3H3,(H,26,28). The first-order valence-corrected chi connectivity index (χ1v) is 9.85. The average molecular weight is 397 g/mol. The van der Waals surface area contributed by atoms with Crippen molar-refractivity contribution in [2.75, 3.05) is 17.2 Å². The summed E-state index contributed by atoms with van der Waals surface area (Å²) in [5.41, 5.74) is 4.55. The number of hydrogen-bond donors (Lipinski definition) is 2. The van der Waals surface area contributed by atoms with Crippen LogP contribution < -0.4 is 10.6 Å². The van der Waals surface area contributed by atoms with Gasteiger partial charge in [0.25, 0.3) is 0 Å². The second kappa shape index (κ2) is 8.64. The molecule has 5 nitrogen and oxygen atoms in total. The monoisotopic (exact) mass is 396 g/mol. The summed E-state index contributed by atoms with van der Waals surface area (Å²) >= 11 is 6.02. The smallest absolute Gasteiger partial charge is 0.243 e. The van der Waals surface area contributed by atoms with Crippen molar-refractivity contribution in [3.05, 3.63) is 58.1 Å². The molecule has 0 saturated carbocycles. The zero-order chi connectivity index (χ0) is 20.3. The lowest BCUT2D eigenvalue weighted by atomic mass is 10.1. The SMILES string of the molecule is CC(C)C(C)N1Cc2cccc(NCC(=O)Nc3ccc(C#N)c(Cl)c3)c2C1. The lowest BCUT2D eigenvalue weighted by Crippen LogP contribution is -2.32. The molecule has 1 aliphatic rings. The fourth-order valence-corrected chi connectivity index (χ4v) is 3.61. The van der Waals surface area contributed by atoms with Crippen molar-refractivity contribution >= 4 is 28.9 Å². The van der Waals surface area contributed by atoms with E-state index in [-0.39, 0.29) is 12.5 Å². The summed E-state index contributed by atoms with van der Waals surface area (Å²) in [6.45, 7) is 8.75. The van der Waals surface area contributed by atoms with Gasteiger partial charge in [0, 0.05) is 30.5 Å². The van der Waals surface area contributed by atoms with Crippen molar-refractivity contribution in [1.29, 1.82) is 5.26 Å². The van der Waals surface area contributed by atoms with Gasteiger partial charge in [0.1, 0.15) is 6.07 Å². The third kappa shape index (κ3) is 4.46. The number of nitriles is 1. The molecule has 1 aliphatic heterocycles. The van der Waals surface area contributed by atoms with Gasteiger partial charge in [0.2, 0.25) is 5.91 Å². The molecule has 1 heterocycles. The molecule has 1 atom stereocenters. The van der Waals surface area contributed by atoms with Gasteiger partial charge in [-0.25, -0.2) is 0 Å². The highest BCUT2D eigenvalue weighted by Gasteiger charge is 2.26. The minimum atomic E-state index is -0.163. The van der Waals surface area contributed by atoms with Gasteiger partial charge < -0.3 is 10.6 Å². The summed E-state index contributed by atoms with van der Waals surface area (Å²) < 4.78 is 0. The van der Waals surface area contributed by atoms with Crippen molar-refractivity contribution in [3.8, 4) is 6.07 Å². The molecule has 0 saturated heterocycles. The fourth-order valence-electron chi connectivity index (χ4n) is 3.39. The first kappa shape index (κ1) is 20.2. The van der Waals surface area contributed by atoms with E-state index in [0.717, 1.165) is 18.8 Å². The van der Waals surface area contributed by atoms with Crippen LogP contribution >= 0.6 is 11.6 Å². The van der Waals surface area contributed by atoms with Crippen molar-refractivity contribution in [3.63, 3.8) is 0 Å². The Morgan fingerprint density at radius 2 is 2.04 bits per heavy atom. The van der Waals surface area contributed by atoms with Gasteiger partial charge in [-0.05, 0) is 48.2 Å². The van der Waals surface area contributed by atoms with Gasteiger partial charge in [0.05, 0.1) is 17.1 Å². The Morgan fingerprint density at radius 1 is 1.25 bits per heavy atom. The number of anilines is 2. The molecule has 3 rings (SSSR count). The van der Waals surface area contributed by atoms with Crippen LogP contribution in [0.2, 0.25) is 5.02 Å². The molecule has 146 valence electrons. The summed E-state index contributed by atoms with van der Waals surface area (Å²) in [6.07, 6.45) is 0. The van der Waals surface area contributed by atoms with E-state index < -0.39 is 0 Å². The number of carbonyl (C=O) groups is 1. The second-order valence-electron chi connectivity index (χ2n) is 7.54. The van der Waals surface area contributed by atoms with Gasteiger partial charge >= 0.3 is 0 Å². The molecule has 0 fully saturated rings. The number of benzene rings is 2. The zero-order valence-electron chi connectivity index (χ0n) is 16.4. The number of nitrogens with one attached hydrogen (secondary N) is 2. The highest BCUT2D eigenvalue weighted by molar-refractivity contribution is 6.32. The third-order valence-electron chi connectivity index (χ3n) is 5.36. The lowest BCUT2D eigenvalue weighted by molar-refractivity contribution is -0.114. The highest BCUT2D eigenvalue weighted by Crippen LogP contribution is 2.32. The molecule has 2 N–H and O–H groups in total. The maximum Gasteiger partial charge on any atom is 0.243 e. The van der Waals surface area contributed by atoms with E-state index in [1.807, 2.05) is 18.2 Å². The number of nitrogens with zero attached hydrogens (tertiary/aromatic N) is 2. The zero-order valence-corrected chi connectivity index (χ0v) is 17.2. The van der Waals surface area contributed by atoms with Crippen LogP contribution in [0.4, 0.5) is 11.4 Å². The molecule has 1 unspecified atom stereocenters. The second-order valence-corrected chi connectivity index (χ2v) is 7.95. The summed E-state index contributed by atoms with van der Waals surface area (Å²) in [5.74, 6) is 0.430.